The zero-order valence-electron chi connectivity index (χ0n) is 16.6. The van der Waals surface area contributed by atoms with E-state index in [2.05, 4.69) is 32.7 Å². The van der Waals surface area contributed by atoms with Crippen molar-refractivity contribution in [1.82, 2.24) is 20.1 Å². The van der Waals surface area contributed by atoms with Crippen LogP contribution in [0.1, 0.15) is 34.2 Å². The van der Waals surface area contributed by atoms with Gasteiger partial charge in [-0.15, -0.1) is 0 Å². The van der Waals surface area contributed by atoms with Gasteiger partial charge in [-0.3, -0.25) is 9.89 Å². The predicted molar refractivity (Wildman–Crippen MR) is 116 cm³/mol. The van der Waals surface area contributed by atoms with Crippen LogP contribution in [0.4, 0.5) is 22.9 Å². The van der Waals surface area contributed by atoms with Gasteiger partial charge in [-0.25, -0.2) is 4.98 Å². The molecule has 7 nitrogen and oxygen atoms in total. The number of nitrogens with one attached hydrogen (secondary N) is 3. The third kappa shape index (κ3) is 3.65. The zero-order chi connectivity index (χ0) is 20.5. The van der Waals surface area contributed by atoms with Crippen LogP contribution in [0.5, 0.6) is 0 Å². The van der Waals surface area contributed by atoms with E-state index >= 15 is 0 Å². The van der Waals surface area contributed by atoms with Crippen LogP contribution < -0.4 is 10.6 Å². The van der Waals surface area contributed by atoms with Crippen LogP contribution in [0.25, 0.3) is 0 Å². The Kier molecular flexibility index (Phi) is 5.15. The van der Waals surface area contributed by atoms with Crippen molar-refractivity contribution in [1.29, 1.82) is 0 Å². The molecular formula is C21H23ClN6O. The fraction of sp³-hybridized carbons (Fsp3) is 0.286. The van der Waals surface area contributed by atoms with E-state index < -0.39 is 0 Å². The van der Waals surface area contributed by atoms with Crippen LogP contribution >= 0.6 is 11.6 Å². The van der Waals surface area contributed by atoms with Gasteiger partial charge in [-0.1, -0.05) is 30.7 Å². The van der Waals surface area contributed by atoms with E-state index in [1.54, 1.807) is 11.1 Å². The molecule has 0 atom stereocenters. The summed E-state index contributed by atoms with van der Waals surface area (Å²) in [6, 6.07) is 7.69. The van der Waals surface area contributed by atoms with Gasteiger partial charge in [0.1, 0.15) is 5.82 Å². The molecule has 1 aliphatic heterocycles. The first-order valence-corrected chi connectivity index (χ1v) is 9.96. The SMILES string of the molecule is CCc1[nH]nc(C)c1Nc1cc(Nc2cccc3c2C(=O)N(C)CC3)c(Cl)cn1. The van der Waals surface area contributed by atoms with E-state index in [-0.39, 0.29) is 5.91 Å². The molecule has 1 aliphatic rings. The average molecular weight is 411 g/mol. The first-order chi connectivity index (χ1) is 14.0. The Hall–Kier alpha value is -3.06. The van der Waals surface area contributed by atoms with Crippen molar-refractivity contribution in [2.45, 2.75) is 26.7 Å². The van der Waals surface area contributed by atoms with Crippen LogP contribution in [0.2, 0.25) is 5.02 Å². The molecule has 0 bridgehead atoms. The van der Waals surface area contributed by atoms with Crippen LogP contribution in [0, 0.1) is 6.92 Å². The fourth-order valence-electron chi connectivity index (χ4n) is 3.52. The number of H-pyrrole nitrogens is 1. The highest BCUT2D eigenvalue weighted by Gasteiger charge is 2.24. The average Bonchev–Trinajstić information content (AvgIpc) is 3.07. The number of aryl methyl sites for hydroxylation is 2. The molecule has 3 N–H and O–H groups in total. The Morgan fingerprint density at radius 2 is 2.10 bits per heavy atom. The summed E-state index contributed by atoms with van der Waals surface area (Å²) in [5.41, 5.74) is 5.97. The lowest BCUT2D eigenvalue weighted by atomic mass is 9.97. The summed E-state index contributed by atoms with van der Waals surface area (Å²) in [4.78, 5) is 18.8. The van der Waals surface area contributed by atoms with Crippen molar-refractivity contribution < 1.29 is 4.79 Å². The number of halogens is 1. The van der Waals surface area contributed by atoms with E-state index in [0.29, 0.717) is 22.1 Å². The highest BCUT2D eigenvalue weighted by molar-refractivity contribution is 6.33. The summed E-state index contributed by atoms with van der Waals surface area (Å²) in [6.45, 7) is 4.72. The second kappa shape index (κ2) is 7.75. The van der Waals surface area contributed by atoms with Crippen molar-refractivity contribution in [2.24, 2.45) is 0 Å². The van der Waals surface area contributed by atoms with E-state index in [1.807, 2.05) is 38.2 Å². The number of carbonyl (C=O) groups excluding carboxylic acids is 1. The predicted octanol–water partition coefficient (Wildman–Crippen LogP) is 4.44. The molecule has 1 aromatic carbocycles. The lowest BCUT2D eigenvalue weighted by Crippen LogP contribution is -2.34. The summed E-state index contributed by atoms with van der Waals surface area (Å²) in [5, 5.41) is 14.4. The number of nitrogens with zero attached hydrogens (tertiary/aromatic N) is 3. The standard InChI is InChI=1S/C21H23ClN6O/c1-4-15-20(12(2)26-27-15)25-18-10-17(14(22)11-23-18)24-16-7-5-6-13-8-9-28(3)21(29)19(13)16/h5-7,10-11H,4,8-9H2,1-3H3,(H,26,27)(H2,23,24,25). The number of aromatic amines is 1. The number of hydrogen-bond donors (Lipinski definition) is 3. The lowest BCUT2D eigenvalue weighted by Gasteiger charge is -2.27. The maximum atomic E-state index is 12.7. The van der Waals surface area contributed by atoms with Crippen molar-refractivity contribution in [3.8, 4) is 0 Å². The Morgan fingerprint density at radius 3 is 2.90 bits per heavy atom. The van der Waals surface area contributed by atoms with Gasteiger partial charge in [-0.2, -0.15) is 5.10 Å². The van der Waals surface area contributed by atoms with Gasteiger partial charge in [0.2, 0.25) is 0 Å². The molecule has 0 aliphatic carbocycles. The minimum Gasteiger partial charge on any atom is -0.353 e. The first-order valence-electron chi connectivity index (χ1n) is 9.58. The van der Waals surface area contributed by atoms with Gasteiger partial charge in [0, 0.05) is 19.7 Å². The van der Waals surface area contributed by atoms with Crippen LogP contribution in [-0.4, -0.2) is 39.6 Å². The molecule has 0 spiro atoms. The summed E-state index contributed by atoms with van der Waals surface area (Å²) in [7, 11) is 1.82. The van der Waals surface area contributed by atoms with Gasteiger partial charge in [0.05, 0.1) is 45.2 Å². The molecule has 150 valence electrons. The number of carbonyl (C=O) groups is 1. The highest BCUT2D eigenvalue weighted by atomic mass is 35.5. The van der Waals surface area contributed by atoms with Crippen LogP contribution in [0.3, 0.4) is 0 Å². The Balaban J connectivity index is 1.66. The topological polar surface area (TPSA) is 85.9 Å². The highest BCUT2D eigenvalue weighted by Crippen LogP contribution is 2.33. The second-order valence-corrected chi connectivity index (χ2v) is 7.54. The maximum Gasteiger partial charge on any atom is 0.255 e. The molecule has 4 rings (SSSR count). The van der Waals surface area contributed by atoms with Crippen LogP contribution in [0.15, 0.2) is 30.5 Å². The van der Waals surface area contributed by atoms with E-state index in [1.165, 1.54) is 0 Å². The number of aromatic nitrogens is 3. The smallest absolute Gasteiger partial charge is 0.255 e. The second-order valence-electron chi connectivity index (χ2n) is 7.13. The third-order valence-corrected chi connectivity index (χ3v) is 5.48. The number of likely N-dealkylation sites (N-methyl/N-ethyl adjacent to an activating group) is 1. The van der Waals surface area contributed by atoms with Crippen molar-refractivity contribution >= 4 is 40.4 Å². The summed E-state index contributed by atoms with van der Waals surface area (Å²) in [5.74, 6) is 0.656. The summed E-state index contributed by atoms with van der Waals surface area (Å²) < 4.78 is 0. The van der Waals surface area contributed by atoms with E-state index in [4.69, 9.17) is 11.6 Å². The normalized spacial score (nSPS) is 13.4. The molecule has 0 radical (unpaired) electrons. The molecule has 2 aromatic heterocycles. The van der Waals surface area contributed by atoms with Crippen molar-refractivity contribution in [3.63, 3.8) is 0 Å². The molecule has 0 fully saturated rings. The largest absolute Gasteiger partial charge is 0.353 e. The molecule has 1 amide bonds. The molecule has 8 heteroatoms. The molecular weight excluding hydrogens is 388 g/mol. The van der Waals surface area contributed by atoms with Gasteiger partial charge in [0.25, 0.3) is 5.91 Å². The number of fused-ring (bicyclic) bond motifs is 1. The first kappa shape index (κ1) is 19.3. The zero-order valence-corrected chi connectivity index (χ0v) is 17.4. The number of amides is 1. The Bertz CT molecular complexity index is 1080. The van der Waals surface area contributed by atoms with Crippen molar-refractivity contribution in [2.75, 3.05) is 24.2 Å². The van der Waals surface area contributed by atoms with Gasteiger partial charge in [-0.05, 0) is 31.4 Å². The van der Waals surface area contributed by atoms with Crippen molar-refractivity contribution in [3.05, 3.63) is 58.0 Å². The Morgan fingerprint density at radius 1 is 1.28 bits per heavy atom. The van der Waals surface area contributed by atoms with E-state index in [9.17, 15) is 4.79 Å². The molecule has 29 heavy (non-hydrogen) atoms. The number of hydrogen-bond acceptors (Lipinski definition) is 5. The van der Waals surface area contributed by atoms with Gasteiger partial charge >= 0.3 is 0 Å². The lowest BCUT2D eigenvalue weighted by molar-refractivity contribution is 0.0782. The summed E-state index contributed by atoms with van der Waals surface area (Å²) in [6.07, 6.45) is 3.26. The molecule has 0 saturated heterocycles. The maximum absolute atomic E-state index is 12.7. The van der Waals surface area contributed by atoms with Crippen LogP contribution in [-0.2, 0) is 12.8 Å². The number of pyridine rings is 1. The minimum absolute atomic E-state index is 0.0134. The summed E-state index contributed by atoms with van der Waals surface area (Å²) >= 11 is 6.40. The fourth-order valence-corrected chi connectivity index (χ4v) is 3.68. The molecule has 0 unspecified atom stereocenters. The number of rotatable bonds is 5. The number of benzene rings is 1. The van der Waals surface area contributed by atoms with Gasteiger partial charge < -0.3 is 15.5 Å². The Labute approximate surface area is 174 Å². The molecule has 3 aromatic rings. The van der Waals surface area contributed by atoms with E-state index in [0.717, 1.165) is 47.7 Å². The minimum atomic E-state index is 0.0134. The quantitative estimate of drug-likeness (QED) is 0.578. The monoisotopic (exact) mass is 410 g/mol. The number of anilines is 4. The van der Waals surface area contributed by atoms with Gasteiger partial charge in [0.15, 0.2) is 0 Å². The third-order valence-electron chi connectivity index (χ3n) is 5.18. The molecule has 0 saturated carbocycles. The molecule has 3 heterocycles.